The van der Waals surface area contributed by atoms with Gasteiger partial charge >= 0.3 is 0 Å². The quantitative estimate of drug-likeness (QED) is 0.885. The van der Waals surface area contributed by atoms with Gasteiger partial charge in [0.15, 0.2) is 5.82 Å². The second-order valence-electron chi connectivity index (χ2n) is 7.57. The monoisotopic (exact) mass is 366 g/mol. The predicted octanol–water partition coefficient (Wildman–Crippen LogP) is 2.85. The fourth-order valence-corrected chi connectivity index (χ4v) is 4.01. The van der Waals surface area contributed by atoms with Crippen LogP contribution in [0.5, 0.6) is 0 Å². The highest BCUT2D eigenvalue weighted by Gasteiger charge is 2.28. The maximum absolute atomic E-state index is 12.8. The van der Waals surface area contributed by atoms with E-state index >= 15 is 0 Å². The van der Waals surface area contributed by atoms with E-state index in [0.717, 1.165) is 5.56 Å². The molecule has 4 rings (SSSR count). The Morgan fingerprint density at radius 2 is 1.89 bits per heavy atom. The van der Waals surface area contributed by atoms with Gasteiger partial charge in [0.2, 0.25) is 0 Å². The lowest BCUT2D eigenvalue weighted by Gasteiger charge is -2.27. The van der Waals surface area contributed by atoms with E-state index in [1.807, 2.05) is 30.3 Å². The summed E-state index contributed by atoms with van der Waals surface area (Å²) < 4.78 is 1.80. The highest BCUT2D eigenvalue weighted by Crippen LogP contribution is 2.23. The minimum atomic E-state index is -0.176. The van der Waals surface area contributed by atoms with Gasteiger partial charge in [-0.25, -0.2) is 4.98 Å². The smallest absolute Gasteiger partial charge is 0.290 e. The van der Waals surface area contributed by atoms with Crippen LogP contribution in [0.15, 0.2) is 36.5 Å². The van der Waals surface area contributed by atoms with Crippen molar-refractivity contribution < 1.29 is 9.59 Å². The standard InChI is InChI=1S/C21H26N4O2/c26-20(22-13-16-7-3-1-4-8-16)18-15-24-11-12-25(21(27)19(24)23-18)14-17-9-5-2-6-10-17/h2,5-6,9-10,15-16H,1,3-4,7-8,11-14H2,(H,22,26). The second kappa shape index (κ2) is 7.94. The zero-order valence-electron chi connectivity index (χ0n) is 15.6. The minimum absolute atomic E-state index is 0.114. The topological polar surface area (TPSA) is 67.2 Å². The summed E-state index contributed by atoms with van der Waals surface area (Å²) in [5.74, 6) is 0.643. The molecule has 2 amide bonds. The zero-order valence-corrected chi connectivity index (χ0v) is 15.6. The van der Waals surface area contributed by atoms with E-state index in [1.165, 1.54) is 32.1 Å². The molecule has 2 aliphatic rings. The first-order chi connectivity index (χ1) is 13.2. The Bertz CT molecular complexity index is 809. The molecular weight excluding hydrogens is 340 g/mol. The summed E-state index contributed by atoms with van der Waals surface area (Å²) in [6, 6.07) is 9.93. The van der Waals surface area contributed by atoms with Gasteiger partial charge in [-0.2, -0.15) is 0 Å². The third-order valence-electron chi connectivity index (χ3n) is 5.59. The number of hydrogen-bond donors (Lipinski definition) is 1. The summed E-state index contributed by atoms with van der Waals surface area (Å²) in [5, 5.41) is 3.00. The Kier molecular flexibility index (Phi) is 5.23. The normalized spacial score (nSPS) is 17.6. The van der Waals surface area contributed by atoms with Crippen LogP contribution in [0.2, 0.25) is 0 Å². The molecule has 142 valence electrons. The van der Waals surface area contributed by atoms with E-state index in [9.17, 15) is 9.59 Å². The first-order valence-corrected chi connectivity index (χ1v) is 9.89. The molecule has 2 aromatic rings. The zero-order chi connectivity index (χ0) is 18.6. The van der Waals surface area contributed by atoms with Gasteiger partial charge in [-0.15, -0.1) is 0 Å². The maximum Gasteiger partial charge on any atom is 0.290 e. The number of amides is 2. The number of nitrogens with one attached hydrogen (secondary N) is 1. The molecule has 1 aliphatic carbocycles. The second-order valence-corrected chi connectivity index (χ2v) is 7.57. The predicted molar refractivity (Wildman–Crippen MR) is 102 cm³/mol. The van der Waals surface area contributed by atoms with Crippen LogP contribution in [0.3, 0.4) is 0 Å². The van der Waals surface area contributed by atoms with Crippen LogP contribution < -0.4 is 5.32 Å². The van der Waals surface area contributed by atoms with Crippen LogP contribution in [-0.4, -0.2) is 39.4 Å². The van der Waals surface area contributed by atoms with Gasteiger partial charge in [0.25, 0.3) is 11.8 Å². The number of hydrogen-bond acceptors (Lipinski definition) is 3. The first kappa shape index (κ1) is 17.8. The van der Waals surface area contributed by atoms with Crippen molar-refractivity contribution in [3.8, 4) is 0 Å². The molecule has 6 heteroatoms. The van der Waals surface area contributed by atoms with Crippen molar-refractivity contribution in [2.45, 2.75) is 45.2 Å². The molecule has 1 fully saturated rings. The molecule has 6 nitrogen and oxygen atoms in total. The summed E-state index contributed by atoms with van der Waals surface area (Å²) in [6.45, 7) is 2.56. The molecule has 0 unspecified atom stereocenters. The summed E-state index contributed by atoms with van der Waals surface area (Å²) in [6.07, 6.45) is 7.90. The molecule has 1 saturated carbocycles. The van der Waals surface area contributed by atoms with Crippen LogP contribution in [0, 0.1) is 5.92 Å². The van der Waals surface area contributed by atoms with Crippen molar-refractivity contribution in [1.29, 1.82) is 0 Å². The number of imidazole rings is 1. The molecular formula is C21H26N4O2. The van der Waals surface area contributed by atoms with E-state index in [4.69, 9.17) is 0 Å². The van der Waals surface area contributed by atoms with Crippen molar-refractivity contribution >= 4 is 11.8 Å². The van der Waals surface area contributed by atoms with Crippen LogP contribution in [0.25, 0.3) is 0 Å². The number of benzene rings is 1. The van der Waals surface area contributed by atoms with E-state index in [0.29, 0.717) is 43.6 Å². The highest BCUT2D eigenvalue weighted by atomic mass is 16.2. The molecule has 1 aromatic heterocycles. The molecule has 1 aliphatic heterocycles. The Morgan fingerprint density at radius 3 is 2.67 bits per heavy atom. The summed E-state index contributed by atoms with van der Waals surface area (Å²) in [7, 11) is 0. The molecule has 1 aromatic carbocycles. The Morgan fingerprint density at radius 1 is 1.11 bits per heavy atom. The van der Waals surface area contributed by atoms with E-state index in [-0.39, 0.29) is 11.8 Å². The Labute approximate surface area is 159 Å². The van der Waals surface area contributed by atoms with Crippen molar-refractivity contribution in [2.24, 2.45) is 5.92 Å². The fraction of sp³-hybridized carbons (Fsp3) is 0.476. The van der Waals surface area contributed by atoms with Crippen molar-refractivity contribution in [2.75, 3.05) is 13.1 Å². The average molecular weight is 366 g/mol. The van der Waals surface area contributed by atoms with Gasteiger partial charge in [0.1, 0.15) is 5.69 Å². The average Bonchev–Trinajstić information content (AvgIpc) is 3.15. The van der Waals surface area contributed by atoms with Gasteiger partial charge in [-0.05, 0) is 24.3 Å². The number of rotatable bonds is 5. The van der Waals surface area contributed by atoms with Gasteiger partial charge in [0, 0.05) is 32.4 Å². The highest BCUT2D eigenvalue weighted by molar-refractivity contribution is 5.96. The number of nitrogens with zero attached hydrogens (tertiary/aromatic N) is 3. The fourth-order valence-electron chi connectivity index (χ4n) is 4.01. The van der Waals surface area contributed by atoms with Crippen LogP contribution in [0.4, 0.5) is 0 Å². The van der Waals surface area contributed by atoms with E-state index in [1.54, 1.807) is 15.7 Å². The lowest BCUT2D eigenvalue weighted by molar-refractivity contribution is 0.0683. The molecule has 27 heavy (non-hydrogen) atoms. The molecule has 0 atom stereocenters. The number of carbonyl (C=O) groups is 2. The number of carbonyl (C=O) groups excluding carboxylic acids is 2. The van der Waals surface area contributed by atoms with E-state index in [2.05, 4.69) is 10.3 Å². The molecule has 1 N–H and O–H groups in total. The number of fused-ring (bicyclic) bond motifs is 1. The lowest BCUT2D eigenvalue weighted by atomic mass is 9.89. The van der Waals surface area contributed by atoms with Crippen LogP contribution in [0.1, 0.15) is 58.8 Å². The third kappa shape index (κ3) is 4.04. The van der Waals surface area contributed by atoms with Crippen LogP contribution >= 0.6 is 0 Å². The Balaban J connectivity index is 1.40. The molecule has 0 saturated heterocycles. The SMILES string of the molecule is O=C(NCC1CCCCC1)c1cn2c(n1)C(=O)N(Cc1ccccc1)CC2. The summed E-state index contributed by atoms with van der Waals surface area (Å²) in [4.78, 5) is 31.4. The number of aromatic nitrogens is 2. The largest absolute Gasteiger partial charge is 0.350 e. The minimum Gasteiger partial charge on any atom is -0.350 e. The van der Waals surface area contributed by atoms with E-state index < -0.39 is 0 Å². The summed E-state index contributed by atoms with van der Waals surface area (Å²) in [5.41, 5.74) is 1.44. The van der Waals surface area contributed by atoms with Gasteiger partial charge in [0.05, 0.1) is 0 Å². The molecule has 0 spiro atoms. The van der Waals surface area contributed by atoms with Crippen molar-refractivity contribution in [3.05, 3.63) is 53.6 Å². The van der Waals surface area contributed by atoms with Crippen molar-refractivity contribution in [3.63, 3.8) is 0 Å². The molecule has 0 bridgehead atoms. The van der Waals surface area contributed by atoms with Gasteiger partial charge in [-0.3, -0.25) is 9.59 Å². The Hall–Kier alpha value is -2.63. The molecule has 2 heterocycles. The lowest BCUT2D eigenvalue weighted by Crippen LogP contribution is -2.39. The maximum atomic E-state index is 12.8. The summed E-state index contributed by atoms with van der Waals surface area (Å²) >= 11 is 0. The molecule has 0 radical (unpaired) electrons. The van der Waals surface area contributed by atoms with Gasteiger partial charge in [-0.1, -0.05) is 49.6 Å². The third-order valence-corrected chi connectivity index (χ3v) is 5.59. The van der Waals surface area contributed by atoms with Crippen molar-refractivity contribution in [1.82, 2.24) is 19.8 Å². The first-order valence-electron chi connectivity index (χ1n) is 9.89. The van der Waals surface area contributed by atoms with Crippen LogP contribution in [-0.2, 0) is 13.1 Å². The van der Waals surface area contributed by atoms with Gasteiger partial charge < -0.3 is 14.8 Å².